The van der Waals surface area contributed by atoms with Crippen LogP contribution in [0.25, 0.3) is 5.69 Å². The Hall–Kier alpha value is -2.18. The van der Waals surface area contributed by atoms with Gasteiger partial charge in [-0.2, -0.15) is 9.78 Å². The summed E-state index contributed by atoms with van der Waals surface area (Å²) in [7, 11) is 0. The molecule has 2 aromatic rings. The van der Waals surface area contributed by atoms with Gasteiger partial charge in [-0.1, -0.05) is 18.2 Å². The average molecular weight is 389 g/mol. The Balaban J connectivity index is 0.00000210. The number of halogens is 1. The van der Waals surface area contributed by atoms with E-state index in [-0.39, 0.29) is 23.9 Å². The third-order valence-electron chi connectivity index (χ3n) is 5.19. The van der Waals surface area contributed by atoms with Gasteiger partial charge < -0.3 is 10.2 Å². The van der Waals surface area contributed by atoms with Gasteiger partial charge in [0.2, 0.25) is 0 Å². The molecule has 2 aliphatic rings. The van der Waals surface area contributed by atoms with Crippen LogP contribution in [0.3, 0.4) is 0 Å². The predicted molar refractivity (Wildman–Crippen MR) is 107 cm³/mol. The fourth-order valence-electron chi connectivity index (χ4n) is 3.38. The molecule has 7 heteroatoms. The summed E-state index contributed by atoms with van der Waals surface area (Å²) in [4.78, 5) is 26.8. The first-order valence-electron chi connectivity index (χ1n) is 9.39. The molecule has 0 bridgehead atoms. The van der Waals surface area contributed by atoms with Gasteiger partial charge in [-0.05, 0) is 56.3 Å². The third-order valence-corrected chi connectivity index (χ3v) is 5.19. The predicted octanol–water partition coefficient (Wildman–Crippen LogP) is 2.26. The van der Waals surface area contributed by atoms with E-state index in [0.29, 0.717) is 17.4 Å². The maximum Gasteiger partial charge on any atom is 0.274 e. The van der Waals surface area contributed by atoms with Crippen molar-refractivity contribution in [3.8, 4) is 5.69 Å². The Labute approximate surface area is 165 Å². The minimum absolute atomic E-state index is 0. The SMILES string of the molecule is Cl.O=C(c1ccc(=O)n(-c2ccccc2)n1)N1CCC(NCC2CC2)CC1. The molecule has 1 N–H and O–H groups in total. The van der Waals surface area contributed by atoms with Crippen molar-refractivity contribution >= 4 is 18.3 Å². The zero-order valence-electron chi connectivity index (χ0n) is 15.2. The van der Waals surface area contributed by atoms with Crippen molar-refractivity contribution in [1.82, 2.24) is 20.0 Å². The standard InChI is InChI=1S/C20H24N4O2.ClH/c25-19-9-8-18(22-24(19)17-4-2-1-3-5-17)20(26)23-12-10-16(11-13-23)21-14-15-6-7-15;/h1-5,8-9,15-16,21H,6-7,10-14H2;1H. The Kier molecular flexibility index (Phi) is 6.29. The summed E-state index contributed by atoms with van der Waals surface area (Å²) in [5.74, 6) is 0.772. The molecule has 1 aliphatic carbocycles. The highest BCUT2D eigenvalue weighted by molar-refractivity contribution is 5.92. The van der Waals surface area contributed by atoms with Crippen LogP contribution in [0.1, 0.15) is 36.2 Å². The monoisotopic (exact) mass is 388 g/mol. The second kappa shape index (κ2) is 8.67. The highest BCUT2D eigenvalue weighted by atomic mass is 35.5. The summed E-state index contributed by atoms with van der Waals surface area (Å²) >= 11 is 0. The number of benzene rings is 1. The Morgan fingerprint density at radius 3 is 2.41 bits per heavy atom. The topological polar surface area (TPSA) is 67.2 Å². The van der Waals surface area contributed by atoms with E-state index in [1.54, 1.807) is 12.1 Å². The molecule has 1 aromatic carbocycles. The summed E-state index contributed by atoms with van der Waals surface area (Å²) in [6.45, 7) is 2.57. The Bertz CT molecular complexity index is 827. The molecule has 1 saturated carbocycles. The van der Waals surface area contributed by atoms with Crippen LogP contribution in [-0.2, 0) is 0 Å². The van der Waals surface area contributed by atoms with Crippen molar-refractivity contribution in [1.29, 1.82) is 0 Å². The van der Waals surface area contributed by atoms with Crippen LogP contribution in [0.15, 0.2) is 47.3 Å². The molecule has 1 aliphatic heterocycles. The molecule has 1 amide bonds. The van der Waals surface area contributed by atoms with E-state index in [0.717, 1.165) is 38.4 Å². The number of carbonyl (C=O) groups is 1. The van der Waals surface area contributed by atoms with E-state index in [1.165, 1.54) is 29.7 Å². The smallest absolute Gasteiger partial charge is 0.274 e. The molecular formula is C20H25ClN4O2. The van der Waals surface area contributed by atoms with Crippen molar-refractivity contribution in [2.24, 2.45) is 5.92 Å². The molecule has 0 radical (unpaired) electrons. The molecule has 0 unspecified atom stereocenters. The number of aromatic nitrogens is 2. The van der Waals surface area contributed by atoms with Crippen LogP contribution < -0.4 is 10.9 Å². The first kappa shape index (κ1) is 19.6. The maximum atomic E-state index is 12.8. The van der Waals surface area contributed by atoms with E-state index < -0.39 is 0 Å². The number of amides is 1. The van der Waals surface area contributed by atoms with Crippen LogP contribution in [0, 0.1) is 5.92 Å². The van der Waals surface area contributed by atoms with Crippen molar-refractivity contribution < 1.29 is 4.79 Å². The lowest BCUT2D eigenvalue weighted by Gasteiger charge is -2.32. The van der Waals surface area contributed by atoms with Gasteiger partial charge in [0.1, 0.15) is 5.69 Å². The molecule has 0 atom stereocenters. The number of nitrogens with one attached hydrogen (secondary N) is 1. The molecule has 27 heavy (non-hydrogen) atoms. The zero-order valence-corrected chi connectivity index (χ0v) is 16.0. The highest BCUT2D eigenvalue weighted by Gasteiger charge is 2.27. The number of piperidine rings is 1. The number of hydrogen-bond donors (Lipinski definition) is 1. The lowest BCUT2D eigenvalue weighted by atomic mass is 10.0. The Morgan fingerprint density at radius 2 is 1.74 bits per heavy atom. The number of likely N-dealkylation sites (tertiary alicyclic amines) is 1. The van der Waals surface area contributed by atoms with Crippen LogP contribution in [-0.4, -0.2) is 46.3 Å². The summed E-state index contributed by atoms with van der Waals surface area (Å²) in [5, 5.41) is 7.92. The van der Waals surface area contributed by atoms with E-state index in [9.17, 15) is 9.59 Å². The van der Waals surface area contributed by atoms with Gasteiger partial charge in [0.25, 0.3) is 11.5 Å². The lowest BCUT2D eigenvalue weighted by molar-refractivity contribution is 0.0697. The molecule has 1 aromatic heterocycles. The molecule has 144 valence electrons. The minimum atomic E-state index is -0.240. The first-order chi connectivity index (χ1) is 12.7. The summed E-state index contributed by atoms with van der Waals surface area (Å²) in [6, 6.07) is 12.6. The van der Waals surface area contributed by atoms with Crippen molar-refractivity contribution in [3.63, 3.8) is 0 Å². The fraction of sp³-hybridized carbons (Fsp3) is 0.450. The van der Waals surface area contributed by atoms with Crippen LogP contribution >= 0.6 is 12.4 Å². The lowest BCUT2D eigenvalue weighted by Crippen LogP contribution is -2.45. The summed E-state index contributed by atoms with van der Waals surface area (Å²) < 4.78 is 1.29. The van der Waals surface area contributed by atoms with E-state index in [4.69, 9.17) is 0 Å². The highest BCUT2D eigenvalue weighted by Crippen LogP contribution is 2.28. The average Bonchev–Trinajstić information content (AvgIpc) is 3.52. The van der Waals surface area contributed by atoms with Gasteiger partial charge in [-0.3, -0.25) is 9.59 Å². The van der Waals surface area contributed by atoms with E-state index in [1.807, 2.05) is 23.1 Å². The van der Waals surface area contributed by atoms with Gasteiger partial charge in [0, 0.05) is 25.2 Å². The van der Waals surface area contributed by atoms with E-state index in [2.05, 4.69) is 10.4 Å². The van der Waals surface area contributed by atoms with Crippen molar-refractivity contribution in [2.45, 2.75) is 31.7 Å². The van der Waals surface area contributed by atoms with Gasteiger partial charge in [0.05, 0.1) is 5.69 Å². The van der Waals surface area contributed by atoms with Gasteiger partial charge in [-0.25, -0.2) is 0 Å². The molecular weight excluding hydrogens is 364 g/mol. The normalized spacial score (nSPS) is 17.4. The third kappa shape index (κ3) is 4.76. The molecule has 1 saturated heterocycles. The minimum Gasteiger partial charge on any atom is -0.337 e. The number of carbonyl (C=O) groups excluding carboxylic acids is 1. The largest absolute Gasteiger partial charge is 0.337 e. The second-order valence-corrected chi connectivity index (χ2v) is 7.22. The Morgan fingerprint density at radius 1 is 1.04 bits per heavy atom. The summed E-state index contributed by atoms with van der Waals surface area (Å²) in [5.41, 5.74) is 0.740. The summed E-state index contributed by atoms with van der Waals surface area (Å²) in [6.07, 6.45) is 4.65. The van der Waals surface area contributed by atoms with Crippen LogP contribution in [0.4, 0.5) is 0 Å². The number of rotatable bonds is 5. The van der Waals surface area contributed by atoms with Gasteiger partial charge in [-0.15, -0.1) is 12.4 Å². The van der Waals surface area contributed by atoms with Crippen LogP contribution in [0.5, 0.6) is 0 Å². The maximum absolute atomic E-state index is 12.8. The van der Waals surface area contributed by atoms with Gasteiger partial charge in [0.15, 0.2) is 0 Å². The molecule has 6 nitrogen and oxygen atoms in total. The van der Waals surface area contributed by atoms with Crippen molar-refractivity contribution in [2.75, 3.05) is 19.6 Å². The second-order valence-electron chi connectivity index (χ2n) is 7.22. The molecule has 4 rings (SSSR count). The number of para-hydroxylation sites is 1. The fourth-order valence-corrected chi connectivity index (χ4v) is 3.38. The zero-order chi connectivity index (χ0) is 17.9. The number of hydrogen-bond acceptors (Lipinski definition) is 4. The van der Waals surface area contributed by atoms with Crippen LogP contribution in [0.2, 0.25) is 0 Å². The van der Waals surface area contributed by atoms with Gasteiger partial charge >= 0.3 is 0 Å². The molecule has 2 heterocycles. The van der Waals surface area contributed by atoms with E-state index >= 15 is 0 Å². The molecule has 2 fully saturated rings. The number of nitrogens with zero attached hydrogens (tertiary/aromatic N) is 3. The van der Waals surface area contributed by atoms with Crippen molar-refractivity contribution in [3.05, 3.63) is 58.5 Å². The quantitative estimate of drug-likeness (QED) is 0.853. The first-order valence-corrected chi connectivity index (χ1v) is 9.39. The molecule has 0 spiro atoms.